The van der Waals surface area contributed by atoms with Gasteiger partial charge in [0.15, 0.2) is 17.3 Å². The maximum Gasteiger partial charge on any atom is 0.199 e. The molecule has 0 aliphatic rings. The van der Waals surface area contributed by atoms with Crippen molar-refractivity contribution in [1.82, 2.24) is 0 Å². The largest absolute Gasteiger partial charge is 0.504 e. The number of phenolic OH excluding ortho intramolecular Hbond substituents is 1. The van der Waals surface area contributed by atoms with Gasteiger partial charge >= 0.3 is 0 Å². The van der Waals surface area contributed by atoms with Gasteiger partial charge in [0.2, 0.25) is 0 Å². The highest BCUT2D eigenvalue weighted by atomic mass is 19.1. The van der Waals surface area contributed by atoms with Crippen molar-refractivity contribution in [3.63, 3.8) is 0 Å². The van der Waals surface area contributed by atoms with Gasteiger partial charge in [-0.05, 0) is 24.3 Å². The molecule has 0 saturated carbocycles. The van der Waals surface area contributed by atoms with Crippen LogP contribution in [0, 0.1) is 11.6 Å². The molecule has 2 aromatic carbocycles. The van der Waals surface area contributed by atoms with Crippen LogP contribution in [0.4, 0.5) is 8.78 Å². The van der Waals surface area contributed by atoms with Gasteiger partial charge in [0.25, 0.3) is 0 Å². The zero-order valence-corrected chi connectivity index (χ0v) is 12.3. The maximum absolute atomic E-state index is 14.0. The van der Waals surface area contributed by atoms with E-state index in [2.05, 4.69) is 6.58 Å². The van der Waals surface area contributed by atoms with E-state index in [1.54, 1.807) is 0 Å². The quantitative estimate of drug-likeness (QED) is 0.654. The lowest BCUT2D eigenvalue weighted by molar-refractivity contribution is 0.103. The van der Waals surface area contributed by atoms with Crippen LogP contribution in [0.1, 0.15) is 15.9 Å². The lowest BCUT2D eigenvalue weighted by Crippen LogP contribution is -2.08. The number of aromatic hydroxyl groups is 1. The Morgan fingerprint density at radius 3 is 2.57 bits per heavy atom. The smallest absolute Gasteiger partial charge is 0.199 e. The van der Waals surface area contributed by atoms with Gasteiger partial charge < -0.3 is 14.6 Å². The molecular weight excluding hydrogens is 306 g/mol. The number of ether oxygens (including phenoxy) is 2. The third kappa shape index (κ3) is 3.48. The van der Waals surface area contributed by atoms with Crippen LogP contribution in [0.3, 0.4) is 0 Å². The fourth-order valence-corrected chi connectivity index (χ4v) is 1.93. The van der Waals surface area contributed by atoms with Crippen LogP contribution >= 0.6 is 0 Å². The van der Waals surface area contributed by atoms with Gasteiger partial charge in [-0.1, -0.05) is 12.7 Å². The Hall–Kier alpha value is -2.89. The Morgan fingerprint density at radius 2 is 1.91 bits per heavy atom. The van der Waals surface area contributed by atoms with E-state index < -0.39 is 28.7 Å². The van der Waals surface area contributed by atoms with E-state index in [1.165, 1.54) is 25.3 Å². The molecule has 0 bridgehead atoms. The molecule has 0 unspecified atom stereocenters. The first kappa shape index (κ1) is 16.5. The minimum absolute atomic E-state index is 0.0559. The first-order valence-corrected chi connectivity index (χ1v) is 6.62. The fourth-order valence-electron chi connectivity index (χ4n) is 1.93. The molecule has 0 fully saturated rings. The second-order valence-electron chi connectivity index (χ2n) is 4.57. The molecule has 0 atom stereocenters. The van der Waals surface area contributed by atoms with Gasteiger partial charge in [0.05, 0.1) is 18.2 Å². The summed E-state index contributed by atoms with van der Waals surface area (Å²) in [6.07, 6.45) is 1.42. The second kappa shape index (κ2) is 6.91. The van der Waals surface area contributed by atoms with Gasteiger partial charge in [-0.2, -0.15) is 0 Å². The molecule has 120 valence electrons. The average molecular weight is 320 g/mol. The number of hydrogen-bond acceptors (Lipinski definition) is 4. The Balaban J connectivity index is 2.48. The Bertz CT molecular complexity index is 756. The van der Waals surface area contributed by atoms with Gasteiger partial charge in [-0.3, -0.25) is 4.79 Å². The van der Waals surface area contributed by atoms with Gasteiger partial charge in [0.1, 0.15) is 24.0 Å². The summed E-state index contributed by atoms with van der Waals surface area (Å²) >= 11 is 0. The Labute approximate surface area is 131 Å². The zero-order valence-electron chi connectivity index (χ0n) is 12.3. The molecule has 1 N–H and O–H groups in total. The van der Waals surface area contributed by atoms with E-state index >= 15 is 0 Å². The van der Waals surface area contributed by atoms with Crippen molar-refractivity contribution in [3.05, 3.63) is 65.7 Å². The molecule has 0 aromatic heterocycles. The van der Waals surface area contributed by atoms with Crippen molar-refractivity contribution in [2.24, 2.45) is 0 Å². The van der Waals surface area contributed by atoms with E-state index in [1.807, 2.05) is 0 Å². The third-order valence-corrected chi connectivity index (χ3v) is 3.07. The van der Waals surface area contributed by atoms with Crippen LogP contribution in [0.5, 0.6) is 17.2 Å². The van der Waals surface area contributed by atoms with E-state index in [9.17, 15) is 18.7 Å². The predicted molar refractivity (Wildman–Crippen MR) is 80.1 cm³/mol. The van der Waals surface area contributed by atoms with Crippen molar-refractivity contribution in [2.75, 3.05) is 13.7 Å². The monoisotopic (exact) mass is 320 g/mol. The van der Waals surface area contributed by atoms with Crippen molar-refractivity contribution < 1.29 is 28.2 Å². The molecule has 0 spiro atoms. The van der Waals surface area contributed by atoms with E-state index in [0.29, 0.717) is 0 Å². The number of methoxy groups -OCH3 is 1. The molecule has 0 aliphatic carbocycles. The highest BCUT2D eigenvalue weighted by Crippen LogP contribution is 2.31. The van der Waals surface area contributed by atoms with Crippen molar-refractivity contribution >= 4 is 5.78 Å². The Kier molecular flexibility index (Phi) is 4.95. The van der Waals surface area contributed by atoms with E-state index in [4.69, 9.17) is 9.47 Å². The first-order valence-electron chi connectivity index (χ1n) is 6.62. The number of benzene rings is 2. The molecule has 2 aromatic rings. The Morgan fingerprint density at radius 1 is 1.22 bits per heavy atom. The summed E-state index contributed by atoms with van der Waals surface area (Å²) in [6.45, 7) is 3.50. The number of rotatable bonds is 6. The predicted octanol–water partition coefficient (Wildman–Crippen LogP) is 3.47. The van der Waals surface area contributed by atoms with Gasteiger partial charge in [-0.15, -0.1) is 0 Å². The molecule has 6 heteroatoms. The SMILES string of the molecule is C=CCOc1cc(C(=O)c2cc(OC)ccc2F)c(F)cc1O. The van der Waals surface area contributed by atoms with Crippen LogP contribution < -0.4 is 9.47 Å². The number of phenols is 1. The summed E-state index contributed by atoms with van der Waals surface area (Å²) in [5.41, 5.74) is -0.766. The minimum atomic E-state index is -0.985. The molecule has 0 amide bonds. The minimum Gasteiger partial charge on any atom is -0.504 e. The number of hydrogen-bond donors (Lipinski definition) is 1. The van der Waals surface area contributed by atoms with Crippen molar-refractivity contribution in [2.45, 2.75) is 0 Å². The molecule has 2 rings (SSSR count). The average Bonchev–Trinajstić information content (AvgIpc) is 2.54. The third-order valence-electron chi connectivity index (χ3n) is 3.07. The van der Waals surface area contributed by atoms with Crippen LogP contribution in [0.15, 0.2) is 43.0 Å². The molecule has 0 aliphatic heterocycles. The van der Waals surface area contributed by atoms with Crippen molar-refractivity contribution in [1.29, 1.82) is 0 Å². The highest BCUT2D eigenvalue weighted by molar-refractivity contribution is 6.09. The molecule has 23 heavy (non-hydrogen) atoms. The normalized spacial score (nSPS) is 10.2. The maximum atomic E-state index is 14.0. The molecular formula is C17H14F2O4. The number of ketones is 1. The number of carbonyl (C=O) groups is 1. The van der Waals surface area contributed by atoms with Crippen molar-refractivity contribution in [3.8, 4) is 17.2 Å². The summed E-state index contributed by atoms with van der Waals surface area (Å²) in [6, 6.07) is 5.34. The highest BCUT2D eigenvalue weighted by Gasteiger charge is 2.21. The summed E-state index contributed by atoms with van der Waals surface area (Å²) in [5, 5.41) is 9.63. The molecule has 0 radical (unpaired) electrons. The first-order chi connectivity index (χ1) is 11.0. The van der Waals surface area contributed by atoms with Crippen LogP contribution in [-0.2, 0) is 0 Å². The van der Waals surface area contributed by atoms with Gasteiger partial charge in [0, 0.05) is 6.07 Å². The number of carbonyl (C=O) groups excluding carboxylic acids is 1. The van der Waals surface area contributed by atoms with E-state index in [-0.39, 0.29) is 23.7 Å². The topological polar surface area (TPSA) is 55.8 Å². The lowest BCUT2D eigenvalue weighted by Gasteiger charge is -2.10. The van der Waals surface area contributed by atoms with Crippen LogP contribution in [0.25, 0.3) is 0 Å². The molecule has 0 heterocycles. The zero-order chi connectivity index (χ0) is 17.0. The summed E-state index contributed by atoms with van der Waals surface area (Å²) in [4.78, 5) is 12.4. The summed E-state index contributed by atoms with van der Waals surface area (Å²) < 4.78 is 37.9. The van der Waals surface area contributed by atoms with Crippen LogP contribution in [-0.4, -0.2) is 24.6 Å². The molecule has 0 saturated heterocycles. The molecule has 4 nitrogen and oxygen atoms in total. The second-order valence-corrected chi connectivity index (χ2v) is 4.57. The fraction of sp³-hybridized carbons (Fsp3) is 0.118. The van der Waals surface area contributed by atoms with Crippen LogP contribution in [0.2, 0.25) is 0 Å². The summed E-state index contributed by atoms with van der Waals surface area (Å²) in [7, 11) is 1.36. The van der Waals surface area contributed by atoms with E-state index in [0.717, 1.165) is 18.2 Å². The lowest BCUT2D eigenvalue weighted by atomic mass is 10.0. The van der Waals surface area contributed by atoms with Gasteiger partial charge in [-0.25, -0.2) is 8.78 Å². The number of halogens is 2. The standard InChI is InChI=1S/C17H14F2O4/c1-3-6-23-16-8-12(14(19)9-15(16)20)17(21)11-7-10(22-2)4-5-13(11)18/h3-5,7-9,20H,1,6H2,2H3. The summed E-state index contributed by atoms with van der Waals surface area (Å²) in [5.74, 6) is -2.98.